The van der Waals surface area contributed by atoms with Crippen molar-refractivity contribution in [1.29, 1.82) is 5.26 Å². The predicted octanol–water partition coefficient (Wildman–Crippen LogP) is 4.86. The van der Waals surface area contributed by atoms with Crippen LogP contribution in [-0.2, 0) is 0 Å². The van der Waals surface area contributed by atoms with Crippen LogP contribution in [0.2, 0.25) is 0 Å². The van der Waals surface area contributed by atoms with Crippen molar-refractivity contribution < 1.29 is 14.3 Å². The van der Waals surface area contributed by atoms with Gasteiger partial charge in [0, 0.05) is 31.6 Å². The minimum absolute atomic E-state index is 0.0840. The molecule has 7 nitrogen and oxygen atoms in total. The summed E-state index contributed by atoms with van der Waals surface area (Å²) >= 11 is 0. The van der Waals surface area contributed by atoms with E-state index in [1.807, 2.05) is 30.0 Å². The highest BCUT2D eigenvalue weighted by Gasteiger charge is 2.44. The Labute approximate surface area is 221 Å². The van der Waals surface area contributed by atoms with E-state index in [4.69, 9.17) is 9.47 Å². The van der Waals surface area contributed by atoms with Crippen molar-refractivity contribution in [2.75, 3.05) is 47.4 Å². The second-order valence-corrected chi connectivity index (χ2v) is 10.4. The zero-order valence-corrected chi connectivity index (χ0v) is 22.6. The van der Waals surface area contributed by atoms with Gasteiger partial charge < -0.3 is 24.6 Å². The predicted molar refractivity (Wildman–Crippen MR) is 145 cm³/mol. The number of carbonyl (C=O) groups excluding carboxylic acids is 1. The maximum absolute atomic E-state index is 12.4. The number of rotatable bonds is 10. The number of nitrogens with zero attached hydrogens (tertiary/aromatic N) is 3. The van der Waals surface area contributed by atoms with Crippen molar-refractivity contribution in [3.8, 4) is 17.6 Å². The van der Waals surface area contributed by atoms with Crippen LogP contribution in [0.4, 0.5) is 4.79 Å². The fourth-order valence-corrected chi connectivity index (χ4v) is 6.42. The number of piperidine rings is 1. The number of likely N-dealkylation sites (tertiary alicyclic amines) is 1. The van der Waals surface area contributed by atoms with E-state index in [2.05, 4.69) is 47.6 Å². The topological polar surface area (TPSA) is 77.8 Å². The molecule has 3 unspecified atom stereocenters. The minimum Gasteiger partial charge on any atom is -0.493 e. The van der Waals surface area contributed by atoms with Gasteiger partial charge in [0.05, 0.1) is 25.9 Å². The van der Waals surface area contributed by atoms with Crippen LogP contribution in [0.15, 0.2) is 42.5 Å². The number of urea groups is 1. The Morgan fingerprint density at radius 2 is 1.73 bits per heavy atom. The van der Waals surface area contributed by atoms with Crippen LogP contribution in [0.1, 0.15) is 55.2 Å². The Bertz CT molecular complexity index is 1080. The molecule has 1 aliphatic heterocycles. The van der Waals surface area contributed by atoms with E-state index in [9.17, 15) is 10.1 Å². The van der Waals surface area contributed by atoms with Crippen LogP contribution in [0.3, 0.4) is 0 Å². The molecule has 198 valence electrons. The third kappa shape index (κ3) is 6.02. The van der Waals surface area contributed by atoms with Crippen LogP contribution in [0, 0.1) is 23.2 Å². The molecule has 0 aromatic heterocycles. The Hall–Kier alpha value is -3.24. The molecule has 1 saturated carbocycles. The SMILES string of the molecule is CCNC(=O)N1CC2CCC(C1)C2N(C)CCCC(c1ccc(C#N)cc1)c1ccc(OC)c(OC)c1. The first kappa shape index (κ1) is 26.8. The second kappa shape index (κ2) is 12.3. The van der Waals surface area contributed by atoms with Crippen LogP contribution < -0.4 is 14.8 Å². The number of nitrogens with one attached hydrogen (secondary N) is 1. The van der Waals surface area contributed by atoms with Gasteiger partial charge in [0.25, 0.3) is 0 Å². The van der Waals surface area contributed by atoms with Crippen molar-refractivity contribution in [2.24, 2.45) is 11.8 Å². The second-order valence-electron chi connectivity index (χ2n) is 10.4. The molecule has 1 saturated heterocycles. The fraction of sp³-hybridized carbons (Fsp3) is 0.533. The fourth-order valence-electron chi connectivity index (χ4n) is 6.42. The number of ether oxygens (including phenoxy) is 2. The summed E-state index contributed by atoms with van der Waals surface area (Å²) < 4.78 is 11.0. The van der Waals surface area contributed by atoms with Crippen LogP contribution in [0.25, 0.3) is 0 Å². The van der Waals surface area contributed by atoms with Gasteiger partial charge in [-0.25, -0.2) is 4.79 Å². The summed E-state index contributed by atoms with van der Waals surface area (Å²) in [5, 5.41) is 12.2. The third-order valence-corrected chi connectivity index (χ3v) is 8.16. The van der Waals surface area contributed by atoms with E-state index < -0.39 is 0 Å². The van der Waals surface area contributed by atoms with E-state index in [-0.39, 0.29) is 11.9 Å². The van der Waals surface area contributed by atoms with Crippen LogP contribution >= 0.6 is 0 Å². The van der Waals surface area contributed by atoms with Gasteiger partial charge in [-0.2, -0.15) is 5.26 Å². The molecule has 7 heteroatoms. The van der Waals surface area contributed by atoms with E-state index in [0.29, 0.717) is 30.0 Å². The van der Waals surface area contributed by atoms with Gasteiger partial charge in [0.2, 0.25) is 0 Å². The molecule has 37 heavy (non-hydrogen) atoms. The molecule has 2 aliphatic rings. The standard InChI is InChI=1S/C30H40N4O3/c1-5-32-30(35)34-19-24-12-13-25(20-34)29(24)33(2)16-6-7-26(22-10-8-21(18-31)9-11-22)23-14-15-27(36-3)28(17-23)37-4/h8-11,14-15,17,24-26,29H,5-7,12-13,16,19-20H2,1-4H3,(H,32,35). The van der Waals surface area contributed by atoms with Gasteiger partial charge in [-0.15, -0.1) is 0 Å². The monoisotopic (exact) mass is 504 g/mol. The number of carbonyl (C=O) groups is 1. The molecule has 2 aromatic carbocycles. The molecular weight excluding hydrogens is 464 g/mol. The smallest absolute Gasteiger partial charge is 0.317 e. The highest BCUT2D eigenvalue weighted by Crippen LogP contribution is 2.40. The van der Waals surface area contributed by atoms with Crippen molar-refractivity contribution in [1.82, 2.24) is 15.1 Å². The lowest BCUT2D eigenvalue weighted by atomic mass is 9.86. The van der Waals surface area contributed by atoms with Crippen LogP contribution in [0.5, 0.6) is 11.5 Å². The first-order valence-corrected chi connectivity index (χ1v) is 13.4. The average molecular weight is 505 g/mol. The average Bonchev–Trinajstić information content (AvgIpc) is 3.19. The van der Waals surface area contributed by atoms with Crippen molar-refractivity contribution in [3.63, 3.8) is 0 Å². The molecule has 1 heterocycles. The van der Waals surface area contributed by atoms with E-state index in [1.165, 1.54) is 24.0 Å². The lowest BCUT2D eigenvalue weighted by Crippen LogP contribution is -2.55. The Kier molecular flexibility index (Phi) is 8.94. The normalized spacial score (nSPS) is 21.4. The van der Waals surface area contributed by atoms with E-state index in [1.54, 1.807) is 14.2 Å². The highest BCUT2D eigenvalue weighted by molar-refractivity contribution is 5.74. The Morgan fingerprint density at radius 3 is 2.32 bits per heavy atom. The Balaban J connectivity index is 1.44. The Morgan fingerprint density at radius 1 is 1.08 bits per heavy atom. The number of hydrogen-bond acceptors (Lipinski definition) is 5. The highest BCUT2D eigenvalue weighted by atomic mass is 16.5. The summed E-state index contributed by atoms with van der Waals surface area (Å²) in [5.74, 6) is 2.74. The molecule has 0 spiro atoms. The molecule has 1 aliphatic carbocycles. The molecule has 0 radical (unpaired) electrons. The number of hydrogen-bond donors (Lipinski definition) is 1. The molecule has 4 rings (SSSR count). The van der Waals surface area contributed by atoms with Gasteiger partial charge in [0.15, 0.2) is 11.5 Å². The summed E-state index contributed by atoms with van der Waals surface area (Å²) in [4.78, 5) is 17.0. The molecule has 2 bridgehead atoms. The molecule has 3 atom stereocenters. The summed E-state index contributed by atoms with van der Waals surface area (Å²) in [6.45, 7) is 5.38. The largest absolute Gasteiger partial charge is 0.493 e. The van der Waals surface area contributed by atoms with Gasteiger partial charge >= 0.3 is 6.03 Å². The number of nitriles is 1. The maximum atomic E-state index is 12.4. The first-order chi connectivity index (χ1) is 18.0. The molecular formula is C30H40N4O3. The van der Waals surface area contributed by atoms with Crippen molar-refractivity contribution >= 4 is 6.03 Å². The number of methoxy groups -OCH3 is 2. The third-order valence-electron chi connectivity index (χ3n) is 8.16. The van der Waals surface area contributed by atoms with Crippen molar-refractivity contribution in [3.05, 3.63) is 59.2 Å². The number of amides is 2. The van der Waals surface area contributed by atoms with Gasteiger partial charge in [-0.1, -0.05) is 18.2 Å². The summed E-state index contributed by atoms with van der Waals surface area (Å²) in [7, 11) is 5.57. The van der Waals surface area contributed by atoms with Gasteiger partial charge in [-0.05, 0) is 93.4 Å². The summed E-state index contributed by atoms with van der Waals surface area (Å²) in [6.07, 6.45) is 4.44. The summed E-state index contributed by atoms with van der Waals surface area (Å²) in [5.41, 5.74) is 3.05. The van der Waals surface area contributed by atoms with Crippen molar-refractivity contribution in [2.45, 2.75) is 44.6 Å². The zero-order chi connectivity index (χ0) is 26.4. The van der Waals surface area contributed by atoms with Crippen LogP contribution in [-0.4, -0.2) is 69.3 Å². The molecule has 1 N–H and O–H groups in total. The maximum Gasteiger partial charge on any atom is 0.317 e. The van der Waals surface area contributed by atoms with E-state index >= 15 is 0 Å². The lowest BCUT2D eigenvalue weighted by Gasteiger charge is -2.42. The quantitative estimate of drug-likeness (QED) is 0.500. The number of benzene rings is 2. The lowest BCUT2D eigenvalue weighted by molar-refractivity contribution is 0.0754. The molecule has 2 amide bonds. The van der Waals surface area contributed by atoms with Gasteiger partial charge in [-0.3, -0.25) is 0 Å². The molecule has 2 fully saturated rings. The van der Waals surface area contributed by atoms with Gasteiger partial charge in [0.1, 0.15) is 0 Å². The minimum atomic E-state index is 0.0840. The summed E-state index contributed by atoms with van der Waals surface area (Å²) in [6, 6.07) is 16.9. The van der Waals surface area contributed by atoms with E-state index in [0.717, 1.165) is 44.0 Å². The zero-order valence-electron chi connectivity index (χ0n) is 22.6. The molecule has 2 aromatic rings. The number of fused-ring (bicyclic) bond motifs is 2. The first-order valence-electron chi connectivity index (χ1n) is 13.4.